The van der Waals surface area contributed by atoms with Crippen molar-refractivity contribution in [3.63, 3.8) is 0 Å². The summed E-state index contributed by atoms with van der Waals surface area (Å²) in [6, 6.07) is -0.181. The van der Waals surface area contributed by atoms with Crippen LogP contribution in [0.1, 0.15) is 6.42 Å². The van der Waals surface area contributed by atoms with Crippen molar-refractivity contribution >= 4 is 17.5 Å². The van der Waals surface area contributed by atoms with Crippen LogP contribution in [0, 0.1) is 5.82 Å². The van der Waals surface area contributed by atoms with E-state index in [0.29, 0.717) is 13.1 Å². The topological polar surface area (TPSA) is 95.5 Å². The third kappa shape index (κ3) is 3.15. The van der Waals surface area contributed by atoms with Gasteiger partial charge in [-0.05, 0) is 6.42 Å². The van der Waals surface area contributed by atoms with Crippen LogP contribution in [-0.2, 0) is 16.1 Å². The SMILES string of the molecule is O=C(Nc1cc(F)c(=O)n(CCF)c1)C1CC2C(=O)NCCN2N1. The molecule has 2 fully saturated rings. The third-order valence-corrected chi connectivity index (χ3v) is 4.06. The number of amides is 2. The number of nitrogens with one attached hydrogen (secondary N) is 3. The minimum Gasteiger partial charge on any atom is -0.353 e. The summed E-state index contributed by atoms with van der Waals surface area (Å²) in [4.78, 5) is 35.6. The fourth-order valence-corrected chi connectivity index (χ4v) is 2.90. The van der Waals surface area contributed by atoms with Gasteiger partial charge < -0.3 is 15.2 Å². The lowest BCUT2D eigenvalue weighted by Gasteiger charge is -2.28. The Hall–Kier alpha value is -2.33. The van der Waals surface area contributed by atoms with Crippen molar-refractivity contribution in [2.45, 2.75) is 25.0 Å². The Kier molecular flexibility index (Phi) is 4.58. The van der Waals surface area contributed by atoms with Crippen molar-refractivity contribution < 1.29 is 18.4 Å². The van der Waals surface area contributed by atoms with Crippen molar-refractivity contribution in [1.82, 2.24) is 20.3 Å². The summed E-state index contributed by atoms with van der Waals surface area (Å²) in [5.41, 5.74) is 2.06. The predicted molar refractivity (Wildman–Crippen MR) is 80.3 cm³/mol. The van der Waals surface area contributed by atoms with E-state index in [2.05, 4.69) is 16.1 Å². The van der Waals surface area contributed by atoms with E-state index in [4.69, 9.17) is 0 Å². The molecule has 3 rings (SSSR count). The molecule has 3 N–H and O–H groups in total. The molecule has 2 atom stereocenters. The van der Waals surface area contributed by atoms with Crippen LogP contribution in [-0.4, -0.2) is 53.2 Å². The number of hydrogen-bond acceptors (Lipinski definition) is 5. The van der Waals surface area contributed by atoms with Gasteiger partial charge in [0.15, 0.2) is 5.82 Å². The molecular formula is C14H17F2N5O3. The number of alkyl halides is 1. The standard InChI is InChI=1S/C14H17F2N5O3/c15-1-3-20-7-8(5-9(16)14(20)24)18-12(22)10-6-11-13(23)17-2-4-21(11)19-10/h5,7,10-11,19H,1-4,6H2,(H,17,23)(H,18,22). The molecule has 1 aromatic rings. The predicted octanol–water partition coefficient (Wildman–Crippen LogP) is -1.03. The molecule has 2 amide bonds. The molecule has 3 heterocycles. The molecule has 10 heteroatoms. The number of pyridine rings is 1. The maximum Gasteiger partial charge on any atom is 0.286 e. The van der Waals surface area contributed by atoms with Gasteiger partial charge >= 0.3 is 0 Å². The molecule has 0 bridgehead atoms. The molecule has 130 valence electrons. The average Bonchev–Trinajstić information content (AvgIpc) is 2.98. The minimum atomic E-state index is -1.07. The van der Waals surface area contributed by atoms with E-state index in [0.717, 1.165) is 10.6 Å². The normalized spacial score (nSPS) is 23.7. The molecule has 2 unspecified atom stereocenters. The van der Waals surface area contributed by atoms with Gasteiger partial charge in [0.1, 0.15) is 18.8 Å². The summed E-state index contributed by atoms with van der Waals surface area (Å²) in [7, 11) is 0. The van der Waals surface area contributed by atoms with Crippen molar-refractivity contribution in [3.05, 3.63) is 28.4 Å². The number of aryl methyl sites for hydroxylation is 1. The molecule has 2 aliphatic rings. The van der Waals surface area contributed by atoms with Crippen molar-refractivity contribution in [1.29, 1.82) is 0 Å². The largest absolute Gasteiger partial charge is 0.353 e. The Bertz CT molecular complexity index is 723. The van der Waals surface area contributed by atoms with E-state index >= 15 is 0 Å². The van der Waals surface area contributed by atoms with Gasteiger partial charge in [-0.1, -0.05) is 0 Å². The van der Waals surface area contributed by atoms with Crippen LogP contribution >= 0.6 is 0 Å². The van der Waals surface area contributed by atoms with Gasteiger partial charge in [-0.3, -0.25) is 14.4 Å². The second-order valence-electron chi connectivity index (χ2n) is 5.67. The van der Waals surface area contributed by atoms with Gasteiger partial charge in [-0.2, -0.15) is 0 Å². The van der Waals surface area contributed by atoms with Crippen LogP contribution in [0.2, 0.25) is 0 Å². The lowest BCUT2D eigenvalue weighted by atomic mass is 10.1. The maximum absolute atomic E-state index is 13.6. The molecule has 0 saturated carbocycles. The van der Waals surface area contributed by atoms with Gasteiger partial charge in [0, 0.05) is 25.4 Å². The van der Waals surface area contributed by atoms with Crippen molar-refractivity contribution in [3.8, 4) is 0 Å². The van der Waals surface area contributed by atoms with Gasteiger partial charge in [0.25, 0.3) is 5.56 Å². The monoisotopic (exact) mass is 341 g/mol. The van der Waals surface area contributed by atoms with Gasteiger partial charge in [-0.25, -0.2) is 19.2 Å². The number of piperazine rings is 1. The Morgan fingerprint density at radius 2 is 2.21 bits per heavy atom. The van der Waals surface area contributed by atoms with E-state index in [-0.39, 0.29) is 24.6 Å². The second kappa shape index (κ2) is 6.65. The number of hydrogen-bond donors (Lipinski definition) is 3. The minimum absolute atomic E-state index is 0.0571. The number of halogens is 2. The van der Waals surface area contributed by atoms with Gasteiger partial charge in [-0.15, -0.1) is 0 Å². The van der Waals surface area contributed by atoms with Gasteiger partial charge in [0.2, 0.25) is 11.8 Å². The number of carbonyl (C=O) groups is 2. The number of hydrazine groups is 1. The smallest absolute Gasteiger partial charge is 0.286 e. The fourth-order valence-electron chi connectivity index (χ4n) is 2.90. The highest BCUT2D eigenvalue weighted by Gasteiger charge is 2.41. The zero-order chi connectivity index (χ0) is 17.3. The molecular weight excluding hydrogens is 324 g/mol. The van der Waals surface area contributed by atoms with E-state index in [1.54, 1.807) is 5.01 Å². The van der Waals surface area contributed by atoms with E-state index in [1.165, 1.54) is 6.20 Å². The van der Waals surface area contributed by atoms with Crippen molar-refractivity contribution in [2.24, 2.45) is 0 Å². The molecule has 0 spiro atoms. The lowest BCUT2D eigenvalue weighted by Crippen LogP contribution is -2.55. The zero-order valence-electron chi connectivity index (χ0n) is 12.7. The highest BCUT2D eigenvalue weighted by Crippen LogP contribution is 2.18. The first-order chi connectivity index (χ1) is 11.5. The third-order valence-electron chi connectivity index (χ3n) is 4.06. The fraction of sp³-hybridized carbons (Fsp3) is 0.500. The van der Waals surface area contributed by atoms with Gasteiger partial charge in [0.05, 0.1) is 12.2 Å². The zero-order valence-corrected chi connectivity index (χ0v) is 12.7. The van der Waals surface area contributed by atoms with Crippen LogP contribution < -0.4 is 21.6 Å². The second-order valence-corrected chi connectivity index (χ2v) is 5.67. The molecule has 0 aliphatic carbocycles. The molecule has 1 aromatic heterocycles. The molecule has 24 heavy (non-hydrogen) atoms. The maximum atomic E-state index is 13.6. The number of carbonyl (C=O) groups excluding carboxylic acids is 2. The summed E-state index contributed by atoms with van der Waals surface area (Å²) < 4.78 is 26.9. The first-order valence-electron chi connectivity index (χ1n) is 7.57. The summed E-state index contributed by atoms with van der Waals surface area (Å²) in [5, 5.41) is 6.92. The van der Waals surface area contributed by atoms with Crippen LogP contribution in [0.3, 0.4) is 0 Å². The molecule has 2 saturated heterocycles. The van der Waals surface area contributed by atoms with Crippen molar-refractivity contribution in [2.75, 3.05) is 25.1 Å². The Morgan fingerprint density at radius 3 is 2.92 bits per heavy atom. The lowest BCUT2D eigenvalue weighted by molar-refractivity contribution is -0.128. The van der Waals surface area contributed by atoms with Crippen LogP contribution in [0.4, 0.5) is 14.5 Å². The number of fused-ring (bicyclic) bond motifs is 1. The number of nitrogens with zero attached hydrogens (tertiary/aromatic N) is 2. The first kappa shape index (κ1) is 16.5. The Morgan fingerprint density at radius 1 is 1.42 bits per heavy atom. The summed E-state index contributed by atoms with van der Waals surface area (Å²) >= 11 is 0. The quantitative estimate of drug-likeness (QED) is 0.651. The van der Waals surface area contributed by atoms with E-state index in [1.807, 2.05) is 0 Å². The number of anilines is 1. The Balaban J connectivity index is 1.71. The molecule has 0 aromatic carbocycles. The van der Waals surface area contributed by atoms with Crippen LogP contribution in [0.15, 0.2) is 17.1 Å². The van der Waals surface area contributed by atoms with E-state index in [9.17, 15) is 23.2 Å². The number of aromatic nitrogens is 1. The first-order valence-corrected chi connectivity index (χ1v) is 7.57. The summed E-state index contributed by atoms with van der Waals surface area (Å²) in [6.45, 7) is -0.0455. The van der Waals surface area contributed by atoms with Crippen LogP contribution in [0.25, 0.3) is 0 Å². The molecule has 2 aliphatic heterocycles. The molecule has 0 radical (unpaired) electrons. The highest BCUT2D eigenvalue weighted by molar-refractivity contribution is 5.96. The summed E-state index contributed by atoms with van der Waals surface area (Å²) in [5.74, 6) is -1.67. The van der Waals surface area contributed by atoms with E-state index < -0.39 is 36.0 Å². The average molecular weight is 341 g/mol. The molecule has 8 nitrogen and oxygen atoms in total. The highest BCUT2D eigenvalue weighted by atomic mass is 19.1. The Labute approximate surface area is 135 Å². The number of rotatable bonds is 4. The van der Waals surface area contributed by atoms with Crippen LogP contribution in [0.5, 0.6) is 0 Å². The summed E-state index contributed by atoms with van der Waals surface area (Å²) in [6.07, 6.45) is 1.47.